The van der Waals surface area contributed by atoms with Gasteiger partial charge in [0.15, 0.2) is 0 Å². The summed E-state index contributed by atoms with van der Waals surface area (Å²) >= 11 is 11.2. The first-order valence-corrected chi connectivity index (χ1v) is 8.18. The largest absolute Gasteiger partial charge is 0.327 e. The quantitative estimate of drug-likeness (QED) is 0.781. The van der Waals surface area contributed by atoms with Gasteiger partial charge in [0.2, 0.25) is 0 Å². The van der Waals surface area contributed by atoms with Gasteiger partial charge in [-0.1, -0.05) is 35.9 Å². The van der Waals surface area contributed by atoms with Gasteiger partial charge in [0, 0.05) is 26.2 Å². The molecule has 0 spiro atoms. The van der Waals surface area contributed by atoms with E-state index in [9.17, 15) is 0 Å². The average Bonchev–Trinajstić information content (AvgIpc) is 2.40. The minimum Gasteiger partial charge on any atom is -0.327 e. The second-order valence-electron chi connectivity index (χ2n) is 4.33. The number of thioether (sulfide) groups is 1. The van der Waals surface area contributed by atoms with Crippen LogP contribution in [0.15, 0.2) is 57.9 Å². The molecule has 1 nitrogen and oxygen atoms in total. The smallest absolute Gasteiger partial charge is 0.0406 e. The first-order valence-electron chi connectivity index (χ1n) is 6.02. The summed E-state index contributed by atoms with van der Waals surface area (Å²) in [7, 11) is 0. The van der Waals surface area contributed by atoms with Gasteiger partial charge in [0.05, 0.1) is 0 Å². The zero-order valence-corrected chi connectivity index (χ0v) is 13.5. The second-order valence-corrected chi connectivity index (χ2v) is 6.68. The highest BCUT2D eigenvalue weighted by Crippen LogP contribution is 2.27. The zero-order chi connectivity index (χ0) is 13.7. The van der Waals surface area contributed by atoms with Gasteiger partial charge in [0.1, 0.15) is 0 Å². The zero-order valence-electron chi connectivity index (χ0n) is 10.4. The Bertz CT molecular complexity index is 530. The van der Waals surface area contributed by atoms with Crippen LogP contribution >= 0.6 is 39.3 Å². The van der Waals surface area contributed by atoms with E-state index in [-0.39, 0.29) is 6.04 Å². The highest BCUT2D eigenvalue weighted by atomic mass is 79.9. The molecule has 0 saturated carbocycles. The molecule has 0 aliphatic carbocycles. The highest BCUT2D eigenvalue weighted by Gasteiger charge is 2.07. The topological polar surface area (TPSA) is 26.0 Å². The predicted octanol–water partition coefficient (Wildman–Crippen LogP) is 4.76. The number of benzene rings is 2. The molecule has 2 aromatic rings. The van der Waals surface area contributed by atoms with Crippen molar-refractivity contribution in [3.05, 3.63) is 63.6 Å². The maximum absolute atomic E-state index is 6.17. The van der Waals surface area contributed by atoms with Gasteiger partial charge in [-0.25, -0.2) is 0 Å². The fraction of sp³-hybridized carbons (Fsp3) is 0.200. The van der Waals surface area contributed by atoms with Crippen LogP contribution in [0.2, 0.25) is 5.02 Å². The van der Waals surface area contributed by atoms with Gasteiger partial charge in [-0.15, -0.1) is 11.8 Å². The van der Waals surface area contributed by atoms with E-state index < -0.39 is 0 Å². The van der Waals surface area contributed by atoms with Crippen LogP contribution in [0.5, 0.6) is 0 Å². The molecule has 0 heterocycles. The van der Waals surface area contributed by atoms with E-state index in [2.05, 4.69) is 22.0 Å². The summed E-state index contributed by atoms with van der Waals surface area (Å²) < 4.78 is 1.12. The van der Waals surface area contributed by atoms with Crippen molar-refractivity contribution in [2.24, 2.45) is 5.73 Å². The van der Waals surface area contributed by atoms with Crippen molar-refractivity contribution >= 4 is 39.3 Å². The summed E-state index contributed by atoms with van der Waals surface area (Å²) in [5.41, 5.74) is 7.40. The Morgan fingerprint density at radius 1 is 1.11 bits per heavy atom. The molecule has 1 atom stereocenters. The summed E-state index contributed by atoms with van der Waals surface area (Å²) in [6, 6.07) is 16.2. The normalized spacial score (nSPS) is 12.4. The van der Waals surface area contributed by atoms with Crippen LogP contribution in [0.25, 0.3) is 0 Å². The minimum absolute atomic E-state index is 0.137. The lowest BCUT2D eigenvalue weighted by atomic mass is 10.1. The summed E-state index contributed by atoms with van der Waals surface area (Å²) in [5.74, 6) is 0.894. The molecule has 1 unspecified atom stereocenters. The van der Waals surface area contributed by atoms with E-state index in [1.165, 1.54) is 10.5 Å². The maximum Gasteiger partial charge on any atom is 0.0406 e. The number of hydrogen-bond donors (Lipinski definition) is 1. The van der Waals surface area contributed by atoms with E-state index in [0.29, 0.717) is 0 Å². The van der Waals surface area contributed by atoms with E-state index in [1.807, 2.05) is 42.5 Å². The van der Waals surface area contributed by atoms with Crippen LogP contribution in [0.1, 0.15) is 5.56 Å². The number of nitrogens with two attached hydrogens (primary N) is 1. The molecule has 19 heavy (non-hydrogen) atoms. The monoisotopic (exact) mass is 355 g/mol. The third-order valence-corrected chi connectivity index (χ3v) is 5.17. The van der Waals surface area contributed by atoms with Gasteiger partial charge in [-0.05, 0) is 52.2 Å². The molecule has 4 heteroatoms. The Balaban J connectivity index is 1.86. The van der Waals surface area contributed by atoms with Crippen molar-refractivity contribution in [2.45, 2.75) is 17.4 Å². The van der Waals surface area contributed by atoms with Gasteiger partial charge >= 0.3 is 0 Å². The van der Waals surface area contributed by atoms with Gasteiger partial charge < -0.3 is 5.73 Å². The number of halogens is 2. The Hall–Kier alpha value is -0.480. The lowest BCUT2D eigenvalue weighted by Crippen LogP contribution is -2.25. The Kier molecular flexibility index (Phi) is 5.76. The van der Waals surface area contributed by atoms with Crippen LogP contribution in [0.3, 0.4) is 0 Å². The second kappa shape index (κ2) is 7.34. The van der Waals surface area contributed by atoms with Crippen molar-refractivity contribution < 1.29 is 0 Å². The van der Waals surface area contributed by atoms with Crippen molar-refractivity contribution in [2.75, 3.05) is 5.75 Å². The van der Waals surface area contributed by atoms with Crippen molar-refractivity contribution in [1.29, 1.82) is 0 Å². The molecule has 2 rings (SSSR count). The molecule has 0 aliphatic rings. The van der Waals surface area contributed by atoms with Crippen LogP contribution in [-0.4, -0.2) is 11.8 Å². The summed E-state index contributed by atoms with van der Waals surface area (Å²) in [5, 5.41) is 0.764. The first-order chi connectivity index (χ1) is 9.15. The Labute approximate surface area is 131 Å². The molecular weight excluding hydrogens is 342 g/mol. The van der Waals surface area contributed by atoms with Gasteiger partial charge in [-0.3, -0.25) is 0 Å². The molecule has 100 valence electrons. The standard InChI is InChI=1S/C15H15BrClNS/c16-14-3-1-2-4-15(14)19-10-13(18)9-11-5-7-12(17)8-6-11/h1-8,13H,9-10,18H2. The molecule has 0 radical (unpaired) electrons. The number of rotatable bonds is 5. The molecule has 2 N–H and O–H groups in total. The lowest BCUT2D eigenvalue weighted by molar-refractivity contribution is 0.748. The van der Waals surface area contributed by atoms with Crippen LogP contribution in [0, 0.1) is 0 Å². The maximum atomic E-state index is 6.17. The molecule has 0 aromatic heterocycles. The SMILES string of the molecule is NC(CSc1ccccc1Br)Cc1ccc(Cl)cc1. The van der Waals surface area contributed by atoms with Crippen LogP contribution in [0.4, 0.5) is 0 Å². The average molecular weight is 357 g/mol. The summed E-state index contributed by atoms with van der Waals surface area (Å²) in [4.78, 5) is 1.23. The van der Waals surface area contributed by atoms with Crippen LogP contribution in [-0.2, 0) is 6.42 Å². The summed E-state index contributed by atoms with van der Waals surface area (Å²) in [6.07, 6.45) is 0.870. The van der Waals surface area contributed by atoms with Crippen molar-refractivity contribution in [3.8, 4) is 0 Å². The van der Waals surface area contributed by atoms with E-state index in [4.69, 9.17) is 17.3 Å². The van der Waals surface area contributed by atoms with Crippen LogP contribution < -0.4 is 5.73 Å². The van der Waals surface area contributed by atoms with Crippen molar-refractivity contribution in [3.63, 3.8) is 0 Å². The molecule has 0 saturated heterocycles. The first kappa shape index (κ1) is 14.9. The van der Waals surface area contributed by atoms with Crippen molar-refractivity contribution in [1.82, 2.24) is 0 Å². The third-order valence-electron chi connectivity index (χ3n) is 2.70. The fourth-order valence-electron chi connectivity index (χ4n) is 1.74. The molecule has 0 bridgehead atoms. The highest BCUT2D eigenvalue weighted by molar-refractivity contribution is 9.10. The molecule has 0 fully saturated rings. The third kappa shape index (κ3) is 4.84. The van der Waals surface area contributed by atoms with E-state index in [1.54, 1.807) is 11.8 Å². The summed E-state index contributed by atoms with van der Waals surface area (Å²) in [6.45, 7) is 0. The molecule has 0 amide bonds. The Morgan fingerprint density at radius 3 is 2.47 bits per heavy atom. The van der Waals surface area contributed by atoms with E-state index >= 15 is 0 Å². The minimum atomic E-state index is 0.137. The fourth-order valence-corrected chi connectivity index (χ4v) is 3.39. The molecule has 0 aliphatic heterocycles. The number of hydrogen-bond acceptors (Lipinski definition) is 2. The van der Waals surface area contributed by atoms with Gasteiger partial charge in [-0.2, -0.15) is 0 Å². The molecule has 2 aromatic carbocycles. The molecular formula is C15H15BrClNS. The Morgan fingerprint density at radius 2 is 1.79 bits per heavy atom. The predicted molar refractivity (Wildman–Crippen MR) is 88.0 cm³/mol. The lowest BCUT2D eigenvalue weighted by Gasteiger charge is -2.12. The van der Waals surface area contributed by atoms with E-state index in [0.717, 1.165) is 21.7 Å². The van der Waals surface area contributed by atoms with Gasteiger partial charge in [0.25, 0.3) is 0 Å².